The molecule has 0 heterocycles. The van der Waals surface area contributed by atoms with E-state index in [0.717, 1.165) is 19.5 Å². The molecule has 0 aliphatic rings. The summed E-state index contributed by atoms with van der Waals surface area (Å²) in [6.07, 6.45) is 2.22. The van der Waals surface area contributed by atoms with Gasteiger partial charge in [0.25, 0.3) is 0 Å². The number of nitrogens with zero attached hydrogens (tertiary/aromatic N) is 1. The van der Waals surface area contributed by atoms with Crippen LogP contribution in [0.5, 0.6) is 0 Å². The van der Waals surface area contributed by atoms with Gasteiger partial charge in [-0.3, -0.25) is 0 Å². The van der Waals surface area contributed by atoms with Gasteiger partial charge in [-0.05, 0) is 26.4 Å². The van der Waals surface area contributed by atoms with Crippen LogP contribution >= 0.6 is 0 Å². The van der Waals surface area contributed by atoms with Gasteiger partial charge in [-0.2, -0.15) is 0 Å². The maximum atomic E-state index is 9.18. The van der Waals surface area contributed by atoms with Crippen molar-refractivity contribution in [2.24, 2.45) is 5.41 Å². The highest BCUT2D eigenvalue weighted by molar-refractivity contribution is 4.74. The Morgan fingerprint density at radius 2 is 1.92 bits per heavy atom. The summed E-state index contributed by atoms with van der Waals surface area (Å²) in [6.45, 7) is 8.86. The van der Waals surface area contributed by atoms with Gasteiger partial charge in [0.1, 0.15) is 0 Å². The molecular weight excluding hydrogens is 150 g/mol. The van der Waals surface area contributed by atoms with Crippen LogP contribution in [0.3, 0.4) is 0 Å². The Morgan fingerprint density at radius 3 is 2.25 bits per heavy atom. The Kier molecular flexibility index (Phi) is 5.51. The fourth-order valence-electron chi connectivity index (χ4n) is 1.39. The Bertz CT molecular complexity index is 110. The molecule has 2 nitrogen and oxygen atoms in total. The Labute approximate surface area is 76.6 Å². The first-order chi connectivity index (χ1) is 5.58. The van der Waals surface area contributed by atoms with E-state index in [2.05, 4.69) is 32.7 Å². The smallest absolute Gasteiger partial charge is 0.0496 e. The largest absolute Gasteiger partial charge is 0.396 e. The van der Waals surface area contributed by atoms with Crippen molar-refractivity contribution in [2.75, 3.05) is 26.7 Å². The van der Waals surface area contributed by atoms with Crippen molar-refractivity contribution in [3.63, 3.8) is 0 Å². The Balaban J connectivity index is 3.84. The summed E-state index contributed by atoms with van der Waals surface area (Å²) >= 11 is 0. The lowest BCUT2D eigenvalue weighted by Crippen LogP contribution is -2.36. The molecule has 0 aromatic rings. The molecule has 74 valence electrons. The standard InChI is InChI=1S/C10H23NO/c1-5-7-11(4)8-10(3,6-2)9-12/h12H,5-9H2,1-4H3. The third-order valence-electron chi connectivity index (χ3n) is 2.49. The number of aliphatic hydroxyl groups excluding tert-OH is 1. The second-order valence-corrected chi connectivity index (χ2v) is 4.06. The zero-order chi connectivity index (χ0) is 9.61. The molecule has 0 spiro atoms. The monoisotopic (exact) mass is 173 g/mol. The van der Waals surface area contributed by atoms with Gasteiger partial charge < -0.3 is 10.0 Å². The van der Waals surface area contributed by atoms with Crippen LogP contribution in [0.4, 0.5) is 0 Å². The highest BCUT2D eigenvalue weighted by Gasteiger charge is 2.22. The minimum Gasteiger partial charge on any atom is -0.396 e. The molecule has 0 saturated carbocycles. The van der Waals surface area contributed by atoms with Crippen LogP contribution in [0, 0.1) is 5.41 Å². The van der Waals surface area contributed by atoms with Crippen molar-refractivity contribution in [1.82, 2.24) is 4.90 Å². The summed E-state index contributed by atoms with van der Waals surface area (Å²) in [5.41, 5.74) is 0.0872. The molecule has 1 N–H and O–H groups in total. The number of hydrogen-bond donors (Lipinski definition) is 1. The van der Waals surface area contributed by atoms with E-state index in [1.165, 1.54) is 6.42 Å². The van der Waals surface area contributed by atoms with Crippen molar-refractivity contribution < 1.29 is 5.11 Å². The fraction of sp³-hybridized carbons (Fsp3) is 1.00. The summed E-state index contributed by atoms with van der Waals surface area (Å²) < 4.78 is 0. The molecule has 1 unspecified atom stereocenters. The molecule has 1 atom stereocenters. The first kappa shape index (κ1) is 11.9. The van der Waals surface area contributed by atoms with Gasteiger partial charge in [0.15, 0.2) is 0 Å². The summed E-state index contributed by atoms with van der Waals surface area (Å²) in [5.74, 6) is 0. The first-order valence-corrected chi connectivity index (χ1v) is 4.87. The minimum atomic E-state index is 0.0872. The lowest BCUT2D eigenvalue weighted by atomic mass is 9.88. The zero-order valence-corrected chi connectivity index (χ0v) is 8.93. The van der Waals surface area contributed by atoms with Crippen molar-refractivity contribution in [3.05, 3.63) is 0 Å². The Hall–Kier alpha value is -0.0800. The van der Waals surface area contributed by atoms with E-state index in [1.807, 2.05) is 0 Å². The van der Waals surface area contributed by atoms with Gasteiger partial charge in [-0.25, -0.2) is 0 Å². The molecule has 0 aromatic carbocycles. The van der Waals surface area contributed by atoms with Crippen LogP contribution in [-0.2, 0) is 0 Å². The van der Waals surface area contributed by atoms with Gasteiger partial charge in [-0.1, -0.05) is 20.8 Å². The van der Waals surface area contributed by atoms with Gasteiger partial charge in [0.05, 0.1) is 0 Å². The summed E-state index contributed by atoms with van der Waals surface area (Å²) in [4.78, 5) is 2.29. The average Bonchev–Trinajstić information content (AvgIpc) is 2.05. The SMILES string of the molecule is CCCN(C)CC(C)(CC)CO. The maximum absolute atomic E-state index is 9.18. The quantitative estimate of drug-likeness (QED) is 0.661. The third kappa shape index (κ3) is 4.07. The zero-order valence-electron chi connectivity index (χ0n) is 8.93. The van der Waals surface area contributed by atoms with Crippen molar-refractivity contribution in [2.45, 2.75) is 33.6 Å². The molecule has 0 aromatic heterocycles. The highest BCUT2D eigenvalue weighted by Crippen LogP contribution is 2.20. The highest BCUT2D eigenvalue weighted by atomic mass is 16.3. The molecule has 0 bridgehead atoms. The van der Waals surface area contributed by atoms with Crippen LogP contribution in [0.1, 0.15) is 33.6 Å². The van der Waals surface area contributed by atoms with E-state index in [1.54, 1.807) is 0 Å². The summed E-state index contributed by atoms with van der Waals surface area (Å²) in [7, 11) is 2.12. The van der Waals surface area contributed by atoms with E-state index >= 15 is 0 Å². The molecule has 0 fully saturated rings. The van der Waals surface area contributed by atoms with Gasteiger partial charge >= 0.3 is 0 Å². The molecule has 2 heteroatoms. The van der Waals surface area contributed by atoms with E-state index in [-0.39, 0.29) is 12.0 Å². The second-order valence-electron chi connectivity index (χ2n) is 4.06. The summed E-state index contributed by atoms with van der Waals surface area (Å²) in [5, 5.41) is 9.18. The summed E-state index contributed by atoms with van der Waals surface area (Å²) in [6, 6.07) is 0. The van der Waals surface area contributed by atoms with Crippen LogP contribution in [0.2, 0.25) is 0 Å². The molecular formula is C10H23NO. The van der Waals surface area contributed by atoms with E-state index in [0.29, 0.717) is 0 Å². The molecule has 0 rings (SSSR count). The van der Waals surface area contributed by atoms with Crippen LogP contribution in [-0.4, -0.2) is 36.8 Å². The van der Waals surface area contributed by atoms with E-state index < -0.39 is 0 Å². The minimum absolute atomic E-state index is 0.0872. The van der Waals surface area contributed by atoms with E-state index in [4.69, 9.17) is 0 Å². The molecule has 0 radical (unpaired) electrons. The average molecular weight is 173 g/mol. The van der Waals surface area contributed by atoms with Crippen molar-refractivity contribution in [1.29, 1.82) is 0 Å². The molecule has 0 amide bonds. The molecule has 0 aliphatic heterocycles. The maximum Gasteiger partial charge on any atom is 0.0496 e. The molecule has 12 heavy (non-hydrogen) atoms. The first-order valence-electron chi connectivity index (χ1n) is 4.87. The molecule has 0 aliphatic carbocycles. The predicted octanol–water partition coefficient (Wildman–Crippen LogP) is 1.74. The predicted molar refractivity (Wildman–Crippen MR) is 53.3 cm³/mol. The van der Waals surface area contributed by atoms with Gasteiger partial charge in [0, 0.05) is 18.6 Å². The number of rotatable bonds is 6. The normalized spacial score (nSPS) is 16.5. The van der Waals surface area contributed by atoms with Crippen LogP contribution in [0.15, 0.2) is 0 Å². The number of hydrogen-bond acceptors (Lipinski definition) is 2. The second kappa shape index (κ2) is 5.55. The van der Waals surface area contributed by atoms with Crippen molar-refractivity contribution in [3.8, 4) is 0 Å². The Morgan fingerprint density at radius 1 is 1.33 bits per heavy atom. The van der Waals surface area contributed by atoms with Gasteiger partial charge in [-0.15, -0.1) is 0 Å². The number of aliphatic hydroxyl groups is 1. The van der Waals surface area contributed by atoms with Gasteiger partial charge in [0.2, 0.25) is 0 Å². The molecule has 0 saturated heterocycles. The van der Waals surface area contributed by atoms with Crippen LogP contribution < -0.4 is 0 Å². The van der Waals surface area contributed by atoms with Crippen molar-refractivity contribution >= 4 is 0 Å². The van der Waals surface area contributed by atoms with Crippen LogP contribution in [0.25, 0.3) is 0 Å². The van der Waals surface area contributed by atoms with E-state index in [9.17, 15) is 5.11 Å². The lowest BCUT2D eigenvalue weighted by molar-refractivity contribution is 0.0957. The fourth-order valence-corrected chi connectivity index (χ4v) is 1.39. The lowest BCUT2D eigenvalue weighted by Gasteiger charge is -2.30. The topological polar surface area (TPSA) is 23.5 Å². The third-order valence-corrected chi connectivity index (χ3v) is 2.49.